The molecule has 0 fully saturated rings. The minimum Gasteiger partial charge on any atom is -0.455 e. The zero-order chi connectivity index (χ0) is 37.4. The van der Waals surface area contributed by atoms with Gasteiger partial charge >= 0.3 is 0 Å². The van der Waals surface area contributed by atoms with Crippen LogP contribution in [0.15, 0.2) is 138 Å². The van der Waals surface area contributed by atoms with Crippen LogP contribution in [0.2, 0.25) is 0 Å². The second kappa shape index (κ2) is 13.0. The average molecular weight is 707 g/mol. The van der Waals surface area contributed by atoms with Gasteiger partial charge in [-0.3, -0.25) is 0 Å². The van der Waals surface area contributed by atoms with Gasteiger partial charge < -0.3 is 4.42 Å². The number of rotatable bonds is 5. The van der Waals surface area contributed by atoms with E-state index in [0.29, 0.717) is 28.6 Å². The minimum absolute atomic E-state index is 0.163. The molecule has 0 spiro atoms. The van der Waals surface area contributed by atoms with Gasteiger partial charge in [-0.15, -0.1) is 27.7 Å². The van der Waals surface area contributed by atoms with Gasteiger partial charge in [0.15, 0.2) is 17.5 Å². The van der Waals surface area contributed by atoms with Crippen molar-refractivity contribution in [2.75, 3.05) is 0 Å². The molecule has 0 bridgehead atoms. The lowest BCUT2D eigenvalue weighted by Crippen LogP contribution is -2.55. The lowest BCUT2D eigenvalue weighted by molar-refractivity contribution is 0.670. The third-order valence-electron chi connectivity index (χ3n) is 10.2. The van der Waals surface area contributed by atoms with Crippen molar-refractivity contribution >= 4 is 120 Å². The molecule has 0 aliphatic heterocycles. The first-order valence-electron chi connectivity index (χ1n) is 17.6. The maximum atomic E-state index is 6.75. The molecule has 244 valence electrons. The second-order valence-electron chi connectivity index (χ2n) is 13.5. The molecule has 0 saturated carbocycles. The number of nitrogens with zero attached hydrogens (tertiary/aromatic N) is 3. The van der Waals surface area contributed by atoms with Gasteiger partial charge in [-0.05, 0) is 35.4 Å². The van der Waals surface area contributed by atoms with E-state index < -0.39 is 0 Å². The van der Waals surface area contributed by atoms with Crippen LogP contribution in [0.1, 0.15) is 0 Å². The Kier molecular flexibility index (Phi) is 7.93. The zero-order valence-corrected chi connectivity index (χ0v) is 30.1. The predicted octanol–water partition coefficient (Wildman–Crippen LogP) is 6.44. The van der Waals surface area contributed by atoms with E-state index in [1.54, 1.807) is 0 Å². The van der Waals surface area contributed by atoms with Gasteiger partial charge in [-0.1, -0.05) is 120 Å². The Balaban J connectivity index is 1.12. The largest absolute Gasteiger partial charge is 0.455 e. The summed E-state index contributed by atoms with van der Waals surface area (Å²) < 4.78 is 9.25. The molecule has 10 radical (unpaired) electrons. The number of para-hydroxylation sites is 1. The van der Waals surface area contributed by atoms with Crippen LogP contribution < -0.4 is 27.3 Å². The summed E-state index contributed by atoms with van der Waals surface area (Å²) in [5.74, 6) is 1.48. The van der Waals surface area contributed by atoms with Crippen LogP contribution in [0, 0.1) is 0 Å². The van der Waals surface area contributed by atoms with E-state index in [0.717, 1.165) is 49.8 Å². The first-order chi connectivity index (χ1) is 26.8. The Morgan fingerprint density at radius 3 is 1.75 bits per heavy atom. The van der Waals surface area contributed by atoms with Crippen LogP contribution in [-0.4, -0.2) is 54.2 Å². The summed E-state index contributed by atoms with van der Waals surface area (Å²) in [5.41, 5.74) is 8.35. The summed E-state index contributed by atoms with van der Waals surface area (Å²) in [6.45, 7) is 0. The molecule has 7 aromatic carbocycles. The SMILES string of the molecule is [B]c1c([B])c([B])c(-c2cccc(-c3nc(-c4ccccc4)nc(-c4ccc5c(c4)oc4c(-c6cccc7c6sc6ccccc67)cccc45)n3)c2)c([B])c1[B]. The summed E-state index contributed by atoms with van der Waals surface area (Å²) >= 11 is 1.81. The second-order valence-corrected chi connectivity index (χ2v) is 14.5. The van der Waals surface area contributed by atoms with Crippen molar-refractivity contribution in [3.05, 3.63) is 133 Å². The van der Waals surface area contributed by atoms with Crippen molar-refractivity contribution in [1.29, 1.82) is 0 Å². The maximum absolute atomic E-state index is 6.75. The predicted molar refractivity (Wildman–Crippen MR) is 234 cm³/mol. The molecule has 4 nitrogen and oxygen atoms in total. The summed E-state index contributed by atoms with van der Waals surface area (Å²) in [6.07, 6.45) is 0. The molecular weight excluding hydrogens is 685 g/mol. The lowest BCUT2D eigenvalue weighted by atomic mass is 9.59. The molecule has 3 heterocycles. The van der Waals surface area contributed by atoms with Crippen LogP contribution in [0.4, 0.5) is 0 Å². The van der Waals surface area contributed by atoms with Crippen molar-refractivity contribution in [2.24, 2.45) is 0 Å². The molecule has 0 unspecified atom stereocenters. The molecule has 0 saturated heterocycles. The Labute approximate surface area is 327 Å². The van der Waals surface area contributed by atoms with E-state index in [9.17, 15) is 0 Å². The third kappa shape index (κ3) is 5.46. The fraction of sp³-hybridized carbons (Fsp3) is 0. The van der Waals surface area contributed by atoms with Gasteiger partial charge in [0, 0.05) is 58.8 Å². The molecule has 10 aromatic rings. The quantitative estimate of drug-likeness (QED) is 0.194. The highest BCUT2D eigenvalue weighted by Crippen LogP contribution is 2.43. The number of furan rings is 1. The summed E-state index contributed by atoms with van der Waals surface area (Å²) in [6, 6.07) is 44.9. The number of thiophene rings is 1. The number of hydrogen-bond donors (Lipinski definition) is 0. The first-order valence-corrected chi connectivity index (χ1v) is 18.5. The zero-order valence-electron chi connectivity index (χ0n) is 29.2. The highest BCUT2D eigenvalue weighted by atomic mass is 32.1. The van der Waals surface area contributed by atoms with Crippen LogP contribution in [0.5, 0.6) is 0 Å². The lowest BCUT2D eigenvalue weighted by Gasteiger charge is -2.21. The molecular formula is C45H22B5N3OS. The van der Waals surface area contributed by atoms with Gasteiger partial charge in [-0.2, -0.15) is 0 Å². The monoisotopic (exact) mass is 707 g/mol. The van der Waals surface area contributed by atoms with Crippen LogP contribution >= 0.6 is 11.3 Å². The molecule has 0 aliphatic carbocycles. The van der Waals surface area contributed by atoms with Crippen LogP contribution in [-0.2, 0) is 0 Å². The summed E-state index contributed by atoms with van der Waals surface area (Å²) in [7, 11) is 31.4. The first kappa shape index (κ1) is 33.5. The van der Waals surface area contributed by atoms with Gasteiger partial charge in [0.05, 0.1) is 0 Å². The highest BCUT2D eigenvalue weighted by molar-refractivity contribution is 7.26. The Morgan fingerprint density at radius 1 is 0.418 bits per heavy atom. The van der Waals surface area contributed by atoms with Crippen molar-refractivity contribution in [2.45, 2.75) is 0 Å². The van der Waals surface area contributed by atoms with Crippen LogP contribution in [0.3, 0.4) is 0 Å². The van der Waals surface area contributed by atoms with E-state index in [4.69, 9.17) is 58.6 Å². The summed E-state index contributed by atoms with van der Waals surface area (Å²) in [5, 5.41) is 4.55. The van der Waals surface area contributed by atoms with E-state index in [1.165, 1.54) is 20.2 Å². The van der Waals surface area contributed by atoms with Gasteiger partial charge in [0.1, 0.15) is 50.4 Å². The molecule has 10 heteroatoms. The molecule has 10 rings (SSSR count). The molecule has 3 aromatic heterocycles. The minimum atomic E-state index is 0.163. The fourth-order valence-corrected chi connectivity index (χ4v) is 8.66. The van der Waals surface area contributed by atoms with Crippen molar-refractivity contribution in [1.82, 2.24) is 15.0 Å². The fourth-order valence-electron chi connectivity index (χ4n) is 7.43. The van der Waals surface area contributed by atoms with Crippen molar-refractivity contribution in [3.8, 4) is 56.4 Å². The van der Waals surface area contributed by atoms with Crippen molar-refractivity contribution < 1.29 is 4.42 Å². The Bertz CT molecular complexity index is 3150. The topological polar surface area (TPSA) is 51.8 Å². The van der Waals surface area contributed by atoms with Gasteiger partial charge in [-0.25, -0.2) is 15.0 Å². The number of hydrogen-bond acceptors (Lipinski definition) is 5. The van der Waals surface area contributed by atoms with Crippen molar-refractivity contribution in [3.63, 3.8) is 0 Å². The van der Waals surface area contributed by atoms with E-state index in [1.807, 2.05) is 78.1 Å². The molecule has 0 atom stereocenters. The number of aromatic nitrogens is 3. The Hall–Kier alpha value is -6.11. The summed E-state index contributed by atoms with van der Waals surface area (Å²) in [4.78, 5) is 14.9. The van der Waals surface area contributed by atoms with E-state index >= 15 is 0 Å². The number of fused-ring (bicyclic) bond motifs is 6. The van der Waals surface area contributed by atoms with Gasteiger partial charge in [0.25, 0.3) is 0 Å². The molecule has 55 heavy (non-hydrogen) atoms. The van der Waals surface area contributed by atoms with E-state index in [2.05, 4.69) is 66.7 Å². The smallest absolute Gasteiger partial charge is 0.164 e. The van der Waals surface area contributed by atoms with Gasteiger partial charge in [0.2, 0.25) is 0 Å². The Morgan fingerprint density at radius 2 is 0.982 bits per heavy atom. The molecule has 0 N–H and O–H groups in total. The standard InChI is InChI=1S/C45H22B5N3OS/c46-36-35(37(47)39(49)40(50)38(36)48)24-11-6-12-25(21-24)44-51-43(23-9-2-1-3-10-23)52-45(53-44)26-19-20-27-29-14-7-15-30(41(29)54-33(27)22-26)32-17-8-16-31-28-13-4-5-18-34(28)55-42(31)32/h1-22H. The molecule has 0 amide bonds. The highest BCUT2D eigenvalue weighted by Gasteiger charge is 2.19. The average Bonchev–Trinajstić information content (AvgIpc) is 3.81. The molecule has 0 aliphatic rings. The van der Waals surface area contributed by atoms with Crippen LogP contribution in [0.25, 0.3) is 98.5 Å². The normalized spacial score (nSPS) is 11.6. The maximum Gasteiger partial charge on any atom is 0.164 e. The van der Waals surface area contributed by atoms with E-state index in [-0.39, 0.29) is 27.3 Å². The third-order valence-corrected chi connectivity index (χ3v) is 11.4. The number of benzene rings is 7.